The molecule has 2 aromatic rings. The van der Waals surface area contributed by atoms with Crippen LogP contribution < -0.4 is 0 Å². The second kappa shape index (κ2) is 7.27. The van der Waals surface area contributed by atoms with Crippen molar-refractivity contribution in [3.63, 3.8) is 0 Å². The van der Waals surface area contributed by atoms with Gasteiger partial charge in [-0.15, -0.1) is 0 Å². The van der Waals surface area contributed by atoms with E-state index < -0.39 is 0 Å². The number of carbonyl (C=O) groups is 2. The SMILES string of the molecule is CCN(CC)CC(=O)N1CCc2[nH]c3ccc(C(=O)OC)cc3c2C1. The van der Waals surface area contributed by atoms with E-state index in [9.17, 15) is 9.59 Å². The van der Waals surface area contributed by atoms with Gasteiger partial charge in [-0.3, -0.25) is 9.69 Å². The standard InChI is InChI=1S/C19H25N3O3/c1-4-21(5-2)12-18(23)22-9-8-17-15(11-22)14-10-13(19(24)25-3)6-7-16(14)20-17/h6-7,10,20H,4-5,8-9,11-12H2,1-3H3. The number of likely N-dealkylation sites (N-methyl/N-ethyl adjacent to an activating group) is 1. The first-order chi connectivity index (χ1) is 12.1. The molecule has 0 saturated heterocycles. The summed E-state index contributed by atoms with van der Waals surface area (Å²) in [6.07, 6.45) is 0.807. The van der Waals surface area contributed by atoms with E-state index in [1.807, 2.05) is 17.0 Å². The van der Waals surface area contributed by atoms with Crippen molar-refractivity contribution in [2.75, 3.05) is 33.3 Å². The van der Waals surface area contributed by atoms with E-state index in [-0.39, 0.29) is 11.9 Å². The zero-order chi connectivity index (χ0) is 18.0. The highest BCUT2D eigenvalue weighted by Crippen LogP contribution is 2.28. The third-order valence-electron chi connectivity index (χ3n) is 5.00. The minimum Gasteiger partial charge on any atom is -0.465 e. The summed E-state index contributed by atoms with van der Waals surface area (Å²) >= 11 is 0. The van der Waals surface area contributed by atoms with Gasteiger partial charge in [-0.25, -0.2) is 4.79 Å². The molecule has 1 aliphatic rings. The second-order valence-corrected chi connectivity index (χ2v) is 6.36. The molecule has 6 heteroatoms. The Bertz CT molecular complexity index is 793. The molecule has 25 heavy (non-hydrogen) atoms. The number of nitrogens with zero attached hydrogens (tertiary/aromatic N) is 2. The normalized spacial score (nSPS) is 14.0. The Morgan fingerprint density at radius 3 is 2.72 bits per heavy atom. The van der Waals surface area contributed by atoms with Crippen LogP contribution in [0.2, 0.25) is 0 Å². The number of esters is 1. The third-order valence-corrected chi connectivity index (χ3v) is 5.00. The van der Waals surface area contributed by atoms with Crippen LogP contribution in [0.4, 0.5) is 0 Å². The molecule has 0 bridgehead atoms. The lowest BCUT2D eigenvalue weighted by molar-refractivity contribution is -0.133. The van der Waals surface area contributed by atoms with E-state index in [1.165, 1.54) is 7.11 Å². The molecule has 1 aromatic carbocycles. The third kappa shape index (κ3) is 3.39. The Balaban J connectivity index is 1.86. The molecule has 1 aliphatic heterocycles. The highest BCUT2D eigenvalue weighted by atomic mass is 16.5. The highest BCUT2D eigenvalue weighted by Gasteiger charge is 2.25. The van der Waals surface area contributed by atoms with Crippen molar-refractivity contribution in [3.05, 3.63) is 35.0 Å². The lowest BCUT2D eigenvalue weighted by Gasteiger charge is -2.29. The molecule has 134 valence electrons. The number of H-pyrrole nitrogens is 1. The Hall–Kier alpha value is -2.34. The van der Waals surface area contributed by atoms with E-state index >= 15 is 0 Å². The molecule has 3 rings (SSSR count). The van der Waals surface area contributed by atoms with Crippen molar-refractivity contribution in [2.45, 2.75) is 26.8 Å². The van der Waals surface area contributed by atoms with Gasteiger partial charge in [0.1, 0.15) is 0 Å². The summed E-state index contributed by atoms with van der Waals surface area (Å²) in [5, 5.41) is 0.998. The van der Waals surface area contributed by atoms with Gasteiger partial charge in [0, 0.05) is 41.7 Å². The Morgan fingerprint density at radius 2 is 2.04 bits per heavy atom. The number of nitrogens with one attached hydrogen (secondary N) is 1. The number of amides is 1. The van der Waals surface area contributed by atoms with Crippen LogP contribution in [0.5, 0.6) is 0 Å². The van der Waals surface area contributed by atoms with E-state index in [0.717, 1.165) is 48.2 Å². The zero-order valence-corrected chi connectivity index (χ0v) is 15.1. The number of ether oxygens (including phenoxy) is 1. The summed E-state index contributed by atoms with van der Waals surface area (Å²) in [5.74, 6) is -0.185. The first-order valence-electron chi connectivity index (χ1n) is 8.79. The fourth-order valence-corrected chi connectivity index (χ4v) is 3.41. The molecule has 1 aromatic heterocycles. The summed E-state index contributed by atoms with van der Waals surface area (Å²) in [5.41, 5.74) is 3.79. The molecule has 0 unspecified atom stereocenters. The van der Waals surface area contributed by atoms with Gasteiger partial charge < -0.3 is 14.6 Å². The fraction of sp³-hybridized carbons (Fsp3) is 0.474. The van der Waals surface area contributed by atoms with Crippen LogP contribution in [0.15, 0.2) is 18.2 Å². The fourth-order valence-electron chi connectivity index (χ4n) is 3.41. The van der Waals surface area contributed by atoms with Crippen molar-refractivity contribution in [3.8, 4) is 0 Å². The van der Waals surface area contributed by atoms with E-state index in [0.29, 0.717) is 18.7 Å². The number of hydrogen-bond acceptors (Lipinski definition) is 4. The van der Waals surface area contributed by atoms with E-state index in [1.54, 1.807) is 6.07 Å². The minimum absolute atomic E-state index is 0.160. The number of rotatable bonds is 5. The molecule has 1 N–H and O–H groups in total. The van der Waals surface area contributed by atoms with Crippen molar-refractivity contribution < 1.29 is 14.3 Å². The highest BCUT2D eigenvalue weighted by molar-refractivity contribution is 5.96. The number of methoxy groups -OCH3 is 1. The first-order valence-corrected chi connectivity index (χ1v) is 8.79. The van der Waals surface area contributed by atoms with E-state index in [4.69, 9.17) is 4.74 Å². The van der Waals surface area contributed by atoms with Gasteiger partial charge in [0.25, 0.3) is 0 Å². The molecule has 6 nitrogen and oxygen atoms in total. The molecule has 2 heterocycles. The quantitative estimate of drug-likeness (QED) is 0.845. The van der Waals surface area contributed by atoms with Gasteiger partial charge in [0.15, 0.2) is 0 Å². The van der Waals surface area contributed by atoms with Crippen LogP contribution in [0, 0.1) is 0 Å². The van der Waals surface area contributed by atoms with Crippen molar-refractivity contribution >= 4 is 22.8 Å². The molecule has 0 atom stereocenters. The van der Waals surface area contributed by atoms with Crippen LogP contribution in [0.1, 0.15) is 35.5 Å². The minimum atomic E-state index is -0.345. The number of benzene rings is 1. The first kappa shape index (κ1) is 17.5. The molecule has 0 aliphatic carbocycles. The molecule has 0 spiro atoms. The number of aromatic amines is 1. The predicted octanol–water partition coefficient (Wildman–Crippen LogP) is 2.18. The number of fused-ring (bicyclic) bond motifs is 3. The maximum absolute atomic E-state index is 12.6. The molecule has 0 saturated carbocycles. The lowest BCUT2D eigenvalue weighted by Crippen LogP contribution is -2.42. The molecular formula is C19H25N3O3. The van der Waals surface area contributed by atoms with Crippen LogP contribution in [0.3, 0.4) is 0 Å². The summed E-state index contributed by atoms with van der Waals surface area (Å²) in [6, 6.07) is 5.52. The van der Waals surface area contributed by atoms with E-state index in [2.05, 4.69) is 23.7 Å². The number of carbonyl (C=O) groups excluding carboxylic acids is 2. The zero-order valence-electron chi connectivity index (χ0n) is 15.1. The number of aromatic nitrogens is 1. The van der Waals surface area contributed by atoms with Gasteiger partial charge in [-0.1, -0.05) is 13.8 Å². The predicted molar refractivity (Wildman–Crippen MR) is 96.5 cm³/mol. The largest absolute Gasteiger partial charge is 0.465 e. The van der Waals surface area contributed by atoms with Gasteiger partial charge >= 0.3 is 5.97 Å². The average Bonchev–Trinajstić information content (AvgIpc) is 3.02. The van der Waals surface area contributed by atoms with Gasteiger partial charge in [0.2, 0.25) is 5.91 Å². The van der Waals surface area contributed by atoms with Gasteiger partial charge in [-0.05, 0) is 31.3 Å². The van der Waals surface area contributed by atoms with Crippen LogP contribution in [-0.2, 0) is 22.5 Å². The Morgan fingerprint density at radius 1 is 1.28 bits per heavy atom. The monoisotopic (exact) mass is 343 g/mol. The van der Waals surface area contributed by atoms with Crippen LogP contribution >= 0.6 is 0 Å². The maximum atomic E-state index is 12.6. The second-order valence-electron chi connectivity index (χ2n) is 6.36. The van der Waals surface area contributed by atoms with Crippen molar-refractivity contribution in [1.82, 2.24) is 14.8 Å². The van der Waals surface area contributed by atoms with Gasteiger partial charge in [-0.2, -0.15) is 0 Å². The molecular weight excluding hydrogens is 318 g/mol. The van der Waals surface area contributed by atoms with Crippen LogP contribution in [0.25, 0.3) is 10.9 Å². The average molecular weight is 343 g/mol. The smallest absolute Gasteiger partial charge is 0.337 e. The molecule has 0 fully saturated rings. The lowest BCUT2D eigenvalue weighted by atomic mass is 10.0. The Labute approximate surface area is 147 Å². The summed E-state index contributed by atoms with van der Waals surface area (Å²) in [4.78, 5) is 31.9. The summed E-state index contributed by atoms with van der Waals surface area (Å²) in [7, 11) is 1.38. The van der Waals surface area contributed by atoms with Crippen molar-refractivity contribution in [2.24, 2.45) is 0 Å². The summed E-state index contributed by atoms with van der Waals surface area (Å²) < 4.78 is 4.81. The topological polar surface area (TPSA) is 65.6 Å². The van der Waals surface area contributed by atoms with Gasteiger partial charge in [0.05, 0.1) is 19.2 Å². The van der Waals surface area contributed by atoms with Crippen molar-refractivity contribution in [1.29, 1.82) is 0 Å². The van der Waals surface area contributed by atoms with Crippen LogP contribution in [-0.4, -0.2) is 59.9 Å². The molecule has 1 amide bonds. The Kier molecular flexibility index (Phi) is 5.08. The summed E-state index contributed by atoms with van der Waals surface area (Å²) in [6.45, 7) is 7.65. The maximum Gasteiger partial charge on any atom is 0.337 e. The number of hydrogen-bond donors (Lipinski definition) is 1. The molecule has 0 radical (unpaired) electrons.